The standard InChI is InChI=1S/C18H18Br2ClNO2/c1-4-12-5-6-14(13(19)8-12)22-16(23)9-24-15-7-10(2)18(21)11(3)17(15)20/h5-8H,4,9H2,1-3H3,(H,22,23). The number of amides is 1. The van der Waals surface area contributed by atoms with E-state index in [2.05, 4.69) is 44.1 Å². The van der Waals surface area contributed by atoms with E-state index >= 15 is 0 Å². The van der Waals surface area contributed by atoms with Crippen LogP contribution in [0.25, 0.3) is 0 Å². The fourth-order valence-electron chi connectivity index (χ4n) is 2.21. The highest BCUT2D eigenvalue weighted by atomic mass is 79.9. The molecule has 0 radical (unpaired) electrons. The minimum Gasteiger partial charge on any atom is -0.483 e. The molecule has 2 rings (SSSR count). The van der Waals surface area contributed by atoms with Crippen LogP contribution in [-0.4, -0.2) is 12.5 Å². The Morgan fingerprint density at radius 1 is 1.25 bits per heavy atom. The maximum Gasteiger partial charge on any atom is 0.262 e. The molecule has 0 aliphatic carbocycles. The molecule has 3 nitrogen and oxygen atoms in total. The van der Waals surface area contributed by atoms with Crippen molar-refractivity contribution in [3.05, 3.63) is 54.9 Å². The molecule has 2 aromatic rings. The van der Waals surface area contributed by atoms with Gasteiger partial charge in [-0.15, -0.1) is 0 Å². The molecule has 0 aliphatic rings. The van der Waals surface area contributed by atoms with Crippen molar-refractivity contribution in [3.8, 4) is 5.75 Å². The lowest BCUT2D eigenvalue weighted by Crippen LogP contribution is -2.20. The quantitative estimate of drug-likeness (QED) is 0.571. The Labute approximate surface area is 164 Å². The van der Waals surface area contributed by atoms with Crippen molar-refractivity contribution in [2.75, 3.05) is 11.9 Å². The topological polar surface area (TPSA) is 38.3 Å². The number of rotatable bonds is 5. The Morgan fingerprint density at radius 2 is 1.96 bits per heavy atom. The van der Waals surface area contributed by atoms with Crippen LogP contribution in [0.4, 0.5) is 5.69 Å². The SMILES string of the molecule is CCc1ccc(NC(=O)COc2cc(C)c(Cl)c(C)c2Br)c(Br)c1. The summed E-state index contributed by atoms with van der Waals surface area (Å²) in [6.45, 7) is 5.81. The summed E-state index contributed by atoms with van der Waals surface area (Å²) in [4.78, 5) is 12.1. The van der Waals surface area contributed by atoms with Gasteiger partial charge in [-0.2, -0.15) is 0 Å². The average molecular weight is 476 g/mol. The first kappa shape index (κ1) is 19.3. The van der Waals surface area contributed by atoms with Crippen LogP contribution >= 0.6 is 43.5 Å². The second-order valence-electron chi connectivity index (χ2n) is 5.45. The van der Waals surface area contributed by atoms with Crippen LogP contribution < -0.4 is 10.1 Å². The lowest BCUT2D eigenvalue weighted by Gasteiger charge is -2.13. The molecule has 0 saturated heterocycles. The van der Waals surface area contributed by atoms with Crippen molar-refractivity contribution in [3.63, 3.8) is 0 Å². The highest BCUT2D eigenvalue weighted by Crippen LogP contribution is 2.35. The molecule has 0 aromatic heterocycles. The van der Waals surface area contributed by atoms with Crippen LogP contribution in [0, 0.1) is 13.8 Å². The molecule has 128 valence electrons. The number of carbonyl (C=O) groups is 1. The largest absolute Gasteiger partial charge is 0.483 e. The number of aryl methyl sites for hydroxylation is 2. The Kier molecular flexibility index (Phi) is 6.72. The minimum absolute atomic E-state index is 0.0823. The lowest BCUT2D eigenvalue weighted by atomic mass is 10.1. The van der Waals surface area contributed by atoms with Crippen molar-refractivity contribution in [2.45, 2.75) is 27.2 Å². The zero-order valence-corrected chi connectivity index (χ0v) is 17.6. The molecule has 0 atom stereocenters. The summed E-state index contributed by atoms with van der Waals surface area (Å²) in [6.07, 6.45) is 0.944. The molecular weight excluding hydrogens is 457 g/mol. The smallest absolute Gasteiger partial charge is 0.262 e. The lowest BCUT2D eigenvalue weighted by molar-refractivity contribution is -0.118. The average Bonchev–Trinajstić information content (AvgIpc) is 2.56. The minimum atomic E-state index is -0.225. The third-order valence-electron chi connectivity index (χ3n) is 3.64. The van der Waals surface area contributed by atoms with Gasteiger partial charge in [-0.05, 0) is 87.0 Å². The predicted molar refractivity (Wildman–Crippen MR) is 106 cm³/mol. The van der Waals surface area contributed by atoms with Crippen LogP contribution in [-0.2, 0) is 11.2 Å². The number of anilines is 1. The first-order chi connectivity index (χ1) is 11.3. The molecule has 0 saturated carbocycles. The Balaban J connectivity index is 2.04. The molecular formula is C18H18Br2ClNO2. The third-order valence-corrected chi connectivity index (χ3v) is 5.87. The van der Waals surface area contributed by atoms with Crippen molar-refractivity contribution in [1.82, 2.24) is 0 Å². The second-order valence-corrected chi connectivity index (χ2v) is 7.47. The van der Waals surface area contributed by atoms with Gasteiger partial charge >= 0.3 is 0 Å². The predicted octanol–water partition coefficient (Wildman–Crippen LogP) is 6.06. The van der Waals surface area contributed by atoms with E-state index in [0.29, 0.717) is 10.8 Å². The molecule has 2 aromatic carbocycles. The molecule has 0 spiro atoms. The van der Waals surface area contributed by atoms with E-state index in [4.69, 9.17) is 16.3 Å². The van der Waals surface area contributed by atoms with E-state index in [1.807, 2.05) is 38.1 Å². The van der Waals surface area contributed by atoms with Gasteiger partial charge in [0, 0.05) is 9.50 Å². The molecule has 0 unspecified atom stereocenters. The molecule has 0 bridgehead atoms. The van der Waals surface area contributed by atoms with E-state index < -0.39 is 0 Å². The van der Waals surface area contributed by atoms with Gasteiger partial charge in [0.15, 0.2) is 6.61 Å². The third kappa shape index (κ3) is 4.52. The Bertz CT molecular complexity index is 778. The number of nitrogens with one attached hydrogen (secondary N) is 1. The number of halogens is 3. The summed E-state index contributed by atoms with van der Waals surface area (Å²) in [5, 5.41) is 3.53. The zero-order chi connectivity index (χ0) is 17.9. The zero-order valence-electron chi connectivity index (χ0n) is 13.7. The Hall–Kier alpha value is -1.04. The van der Waals surface area contributed by atoms with Crippen molar-refractivity contribution in [2.24, 2.45) is 0 Å². The molecule has 0 fully saturated rings. The molecule has 1 amide bonds. The van der Waals surface area contributed by atoms with Crippen LogP contribution in [0.15, 0.2) is 33.2 Å². The van der Waals surface area contributed by atoms with Gasteiger partial charge in [0.1, 0.15) is 5.75 Å². The maximum absolute atomic E-state index is 12.1. The van der Waals surface area contributed by atoms with Gasteiger partial charge in [-0.3, -0.25) is 4.79 Å². The fourth-order valence-corrected chi connectivity index (χ4v) is 3.43. The van der Waals surface area contributed by atoms with Crippen molar-refractivity contribution in [1.29, 1.82) is 0 Å². The van der Waals surface area contributed by atoms with Gasteiger partial charge < -0.3 is 10.1 Å². The highest BCUT2D eigenvalue weighted by Gasteiger charge is 2.13. The molecule has 24 heavy (non-hydrogen) atoms. The van der Waals surface area contributed by atoms with Crippen LogP contribution in [0.3, 0.4) is 0 Å². The summed E-state index contributed by atoms with van der Waals surface area (Å²) < 4.78 is 7.26. The van der Waals surface area contributed by atoms with E-state index in [9.17, 15) is 4.79 Å². The van der Waals surface area contributed by atoms with E-state index in [-0.39, 0.29) is 12.5 Å². The maximum atomic E-state index is 12.1. The van der Waals surface area contributed by atoms with Gasteiger partial charge in [-0.1, -0.05) is 24.6 Å². The van der Waals surface area contributed by atoms with Crippen molar-refractivity contribution < 1.29 is 9.53 Å². The van der Waals surface area contributed by atoms with Gasteiger partial charge in [0.25, 0.3) is 5.91 Å². The molecule has 0 heterocycles. The normalized spacial score (nSPS) is 10.6. The summed E-state index contributed by atoms with van der Waals surface area (Å²) in [5.41, 5.74) is 3.73. The van der Waals surface area contributed by atoms with Gasteiger partial charge in [0.05, 0.1) is 10.2 Å². The number of ether oxygens (including phenoxy) is 1. The monoisotopic (exact) mass is 473 g/mol. The van der Waals surface area contributed by atoms with Gasteiger partial charge in [-0.25, -0.2) is 0 Å². The summed E-state index contributed by atoms with van der Waals surface area (Å²) in [5.74, 6) is 0.377. The molecule has 6 heteroatoms. The first-order valence-corrected chi connectivity index (χ1v) is 9.46. The number of hydrogen-bond donors (Lipinski definition) is 1. The number of hydrogen-bond acceptors (Lipinski definition) is 2. The molecule has 0 aliphatic heterocycles. The highest BCUT2D eigenvalue weighted by molar-refractivity contribution is 9.11. The first-order valence-electron chi connectivity index (χ1n) is 7.49. The van der Waals surface area contributed by atoms with Gasteiger partial charge in [0.2, 0.25) is 0 Å². The molecule has 1 N–H and O–H groups in total. The van der Waals surface area contributed by atoms with Crippen LogP contribution in [0.2, 0.25) is 5.02 Å². The van der Waals surface area contributed by atoms with Crippen molar-refractivity contribution >= 4 is 55.1 Å². The summed E-state index contributed by atoms with van der Waals surface area (Å²) in [7, 11) is 0. The number of benzene rings is 2. The summed E-state index contributed by atoms with van der Waals surface area (Å²) in [6, 6.07) is 7.69. The van der Waals surface area contributed by atoms with E-state index in [1.165, 1.54) is 5.56 Å². The number of carbonyl (C=O) groups excluding carboxylic acids is 1. The summed E-state index contributed by atoms with van der Waals surface area (Å²) >= 11 is 13.1. The Morgan fingerprint density at radius 3 is 2.58 bits per heavy atom. The van der Waals surface area contributed by atoms with E-state index in [0.717, 1.165) is 32.2 Å². The fraction of sp³-hybridized carbons (Fsp3) is 0.278. The van der Waals surface area contributed by atoms with E-state index in [1.54, 1.807) is 0 Å². The van der Waals surface area contributed by atoms with Crippen LogP contribution in [0.1, 0.15) is 23.6 Å². The second kappa shape index (κ2) is 8.37. The van der Waals surface area contributed by atoms with Crippen LogP contribution in [0.5, 0.6) is 5.75 Å².